The van der Waals surface area contributed by atoms with Crippen LogP contribution in [-0.2, 0) is 0 Å². The molecule has 0 aliphatic rings. The Kier molecular flexibility index (Phi) is 3.53. The minimum Gasteiger partial charge on any atom is -0.364 e. The quantitative estimate of drug-likeness (QED) is 0.622. The summed E-state index contributed by atoms with van der Waals surface area (Å²) in [5.41, 5.74) is 5.44. The molecule has 0 atom stereocenters. The second-order valence-electron chi connectivity index (χ2n) is 5.70. The van der Waals surface area contributed by atoms with Gasteiger partial charge in [0.1, 0.15) is 17.5 Å². The first-order chi connectivity index (χ1) is 12.1. The Morgan fingerprint density at radius 3 is 2.88 bits per heavy atom. The average Bonchev–Trinajstić information content (AvgIpc) is 3.28. The fourth-order valence-corrected chi connectivity index (χ4v) is 2.76. The molecule has 0 aliphatic carbocycles. The zero-order valence-corrected chi connectivity index (χ0v) is 13.7. The second kappa shape index (κ2) is 5.86. The smallest absolute Gasteiger partial charge is 0.261 e. The maximum absolute atomic E-state index is 12.6. The van der Waals surface area contributed by atoms with Crippen molar-refractivity contribution in [3.63, 3.8) is 0 Å². The Hall–Kier alpha value is -3.48. The molecule has 7 heteroatoms. The fraction of sp³-hybridized carbons (Fsp3) is 0.111. The van der Waals surface area contributed by atoms with Gasteiger partial charge < -0.3 is 9.84 Å². The zero-order valence-electron chi connectivity index (χ0n) is 13.7. The fourth-order valence-electron chi connectivity index (χ4n) is 2.76. The molecule has 4 rings (SSSR count). The number of nitrogens with zero attached hydrogens (tertiary/aromatic N) is 4. The van der Waals surface area contributed by atoms with E-state index in [9.17, 15) is 4.79 Å². The highest BCUT2D eigenvalue weighted by Crippen LogP contribution is 2.29. The van der Waals surface area contributed by atoms with Gasteiger partial charge in [-0.2, -0.15) is 5.10 Å². The molecular weight excluding hydrogens is 318 g/mol. The minimum absolute atomic E-state index is 0.245. The van der Waals surface area contributed by atoms with Crippen LogP contribution in [0.5, 0.6) is 0 Å². The van der Waals surface area contributed by atoms with Crippen LogP contribution in [0, 0.1) is 13.8 Å². The maximum Gasteiger partial charge on any atom is 0.261 e. The number of anilines is 1. The number of hydrogen-bond acceptors (Lipinski definition) is 5. The number of amides is 1. The summed E-state index contributed by atoms with van der Waals surface area (Å²) in [5.74, 6) is -0.245. The Morgan fingerprint density at radius 2 is 2.08 bits per heavy atom. The van der Waals surface area contributed by atoms with E-state index in [0.29, 0.717) is 11.2 Å². The van der Waals surface area contributed by atoms with Crippen molar-refractivity contribution < 1.29 is 9.32 Å². The van der Waals surface area contributed by atoms with E-state index in [1.807, 2.05) is 32.0 Å². The molecular formula is C18H15N5O2. The van der Waals surface area contributed by atoms with Crippen molar-refractivity contribution in [2.75, 3.05) is 5.32 Å². The number of fused-ring (bicyclic) bond motifs is 1. The van der Waals surface area contributed by atoms with E-state index >= 15 is 0 Å². The topological polar surface area (TPSA) is 85.3 Å². The van der Waals surface area contributed by atoms with Gasteiger partial charge in [0.2, 0.25) is 0 Å². The molecule has 0 unspecified atom stereocenters. The van der Waals surface area contributed by atoms with E-state index in [1.165, 1.54) is 12.5 Å². The number of rotatable bonds is 3. The van der Waals surface area contributed by atoms with Crippen molar-refractivity contribution >= 4 is 17.2 Å². The Bertz CT molecular complexity index is 1070. The van der Waals surface area contributed by atoms with Crippen LogP contribution < -0.4 is 5.32 Å². The normalized spacial score (nSPS) is 11.0. The van der Waals surface area contributed by atoms with Crippen molar-refractivity contribution in [3.05, 3.63) is 65.8 Å². The van der Waals surface area contributed by atoms with E-state index in [-0.39, 0.29) is 5.91 Å². The summed E-state index contributed by atoms with van der Waals surface area (Å²) in [4.78, 5) is 16.8. The summed E-state index contributed by atoms with van der Waals surface area (Å²) in [6.07, 6.45) is 6.44. The highest BCUT2D eigenvalue weighted by Gasteiger charge is 2.16. The minimum atomic E-state index is -0.245. The van der Waals surface area contributed by atoms with E-state index in [1.54, 1.807) is 23.0 Å². The lowest BCUT2D eigenvalue weighted by atomic mass is 9.99. The van der Waals surface area contributed by atoms with E-state index in [2.05, 4.69) is 20.6 Å². The molecule has 0 spiro atoms. The summed E-state index contributed by atoms with van der Waals surface area (Å²) in [5, 5.41) is 11.1. The SMILES string of the molecule is Cc1c(NC(=O)c2cnn3cccnc23)ccc(-c2ccon2)c1C. The van der Waals surface area contributed by atoms with Gasteiger partial charge in [0.05, 0.1) is 6.20 Å². The van der Waals surface area contributed by atoms with Crippen molar-refractivity contribution in [2.45, 2.75) is 13.8 Å². The third kappa shape index (κ3) is 2.55. The van der Waals surface area contributed by atoms with Gasteiger partial charge in [0.25, 0.3) is 5.91 Å². The highest BCUT2D eigenvalue weighted by atomic mass is 16.5. The average molecular weight is 333 g/mol. The second-order valence-corrected chi connectivity index (χ2v) is 5.70. The van der Waals surface area contributed by atoms with Crippen molar-refractivity contribution in [1.82, 2.24) is 19.8 Å². The Morgan fingerprint density at radius 1 is 1.20 bits per heavy atom. The van der Waals surface area contributed by atoms with Gasteiger partial charge in [-0.25, -0.2) is 9.50 Å². The third-order valence-corrected chi connectivity index (χ3v) is 4.27. The molecule has 0 bridgehead atoms. The number of hydrogen-bond donors (Lipinski definition) is 1. The van der Waals surface area contributed by atoms with Gasteiger partial charge in [0.15, 0.2) is 5.65 Å². The van der Waals surface area contributed by atoms with Crippen molar-refractivity contribution in [1.29, 1.82) is 0 Å². The maximum atomic E-state index is 12.6. The first-order valence-corrected chi connectivity index (χ1v) is 7.76. The predicted molar refractivity (Wildman–Crippen MR) is 92.4 cm³/mol. The summed E-state index contributed by atoms with van der Waals surface area (Å²) in [6, 6.07) is 7.36. The number of benzene rings is 1. The number of carbonyl (C=O) groups is 1. The monoisotopic (exact) mass is 333 g/mol. The third-order valence-electron chi connectivity index (χ3n) is 4.27. The van der Waals surface area contributed by atoms with Crippen LogP contribution in [0.2, 0.25) is 0 Å². The molecule has 0 aliphatic heterocycles. The number of aromatic nitrogens is 4. The number of carbonyl (C=O) groups excluding carboxylic acids is 1. The van der Waals surface area contributed by atoms with Gasteiger partial charge in [-0.05, 0) is 37.1 Å². The van der Waals surface area contributed by atoms with Crippen LogP contribution in [0.15, 0.2) is 53.6 Å². The molecule has 1 amide bonds. The van der Waals surface area contributed by atoms with Crippen LogP contribution >= 0.6 is 0 Å². The highest BCUT2D eigenvalue weighted by molar-refractivity contribution is 6.08. The van der Waals surface area contributed by atoms with E-state index < -0.39 is 0 Å². The molecule has 0 fully saturated rings. The van der Waals surface area contributed by atoms with Crippen LogP contribution in [0.1, 0.15) is 21.5 Å². The lowest BCUT2D eigenvalue weighted by Gasteiger charge is -2.13. The van der Waals surface area contributed by atoms with Crippen LogP contribution in [0.25, 0.3) is 16.9 Å². The van der Waals surface area contributed by atoms with Gasteiger partial charge >= 0.3 is 0 Å². The zero-order chi connectivity index (χ0) is 17.4. The van der Waals surface area contributed by atoms with Crippen LogP contribution in [-0.4, -0.2) is 25.7 Å². The lowest BCUT2D eigenvalue weighted by molar-refractivity contribution is 0.102. The first-order valence-electron chi connectivity index (χ1n) is 7.76. The summed E-state index contributed by atoms with van der Waals surface area (Å²) < 4.78 is 6.48. The molecule has 0 saturated carbocycles. The van der Waals surface area contributed by atoms with Gasteiger partial charge in [-0.1, -0.05) is 11.2 Å². The molecule has 3 aromatic heterocycles. The van der Waals surface area contributed by atoms with Gasteiger partial charge in [-0.3, -0.25) is 4.79 Å². The lowest BCUT2D eigenvalue weighted by Crippen LogP contribution is -2.13. The van der Waals surface area contributed by atoms with Crippen molar-refractivity contribution in [3.8, 4) is 11.3 Å². The van der Waals surface area contributed by atoms with Crippen LogP contribution in [0.3, 0.4) is 0 Å². The van der Waals surface area contributed by atoms with E-state index in [4.69, 9.17) is 4.52 Å². The summed E-state index contributed by atoms with van der Waals surface area (Å²) in [7, 11) is 0. The molecule has 1 aromatic carbocycles. The van der Waals surface area contributed by atoms with Gasteiger partial charge in [-0.15, -0.1) is 0 Å². The summed E-state index contributed by atoms with van der Waals surface area (Å²) in [6.45, 7) is 3.95. The predicted octanol–water partition coefficient (Wildman–Crippen LogP) is 3.25. The standard InChI is InChI=1S/C18H15N5O2/c1-11-12(2)15(5-4-13(11)16-6-9-25-22-16)21-18(24)14-10-20-23-8-3-7-19-17(14)23/h3-10H,1-2H3,(H,21,24). The Balaban J connectivity index is 1.67. The molecule has 3 heterocycles. The summed E-state index contributed by atoms with van der Waals surface area (Å²) >= 11 is 0. The molecule has 0 radical (unpaired) electrons. The van der Waals surface area contributed by atoms with E-state index in [0.717, 1.165) is 28.1 Å². The van der Waals surface area contributed by atoms with Crippen molar-refractivity contribution in [2.24, 2.45) is 0 Å². The molecule has 7 nitrogen and oxygen atoms in total. The first kappa shape index (κ1) is 15.1. The van der Waals surface area contributed by atoms with Gasteiger partial charge in [0, 0.05) is 29.7 Å². The molecule has 1 N–H and O–H groups in total. The van der Waals surface area contributed by atoms with Crippen LogP contribution in [0.4, 0.5) is 5.69 Å². The molecule has 0 saturated heterocycles. The number of nitrogens with one attached hydrogen (secondary N) is 1. The molecule has 25 heavy (non-hydrogen) atoms. The Labute approximate surface area is 143 Å². The molecule has 4 aromatic rings. The largest absolute Gasteiger partial charge is 0.364 e. The molecule has 124 valence electrons.